The van der Waals surface area contributed by atoms with E-state index in [9.17, 15) is 4.79 Å². The van der Waals surface area contributed by atoms with Crippen LogP contribution in [-0.2, 0) is 9.53 Å². The van der Waals surface area contributed by atoms with E-state index < -0.39 is 0 Å². The van der Waals surface area contributed by atoms with Crippen LogP contribution in [0.3, 0.4) is 0 Å². The molecule has 4 heteroatoms. The zero-order valence-corrected chi connectivity index (χ0v) is 9.53. The number of carbonyl (C=O) groups is 1. The van der Waals surface area contributed by atoms with Gasteiger partial charge in [0.15, 0.2) is 0 Å². The van der Waals surface area contributed by atoms with E-state index >= 15 is 0 Å². The second kappa shape index (κ2) is 4.49. The van der Waals surface area contributed by atoms with Gasteiger partial charge in [-0.1, -0.05) is 6.92 Å². The molecule has 0 bridgehead atoms. The lowest BCUT2D eigenvalue weighted by molar-refractivity contribution is -0.136. The molecular formula is C11H20N2O2. The molecule has 86 valence electrons. The monoisotopic (exact) mass is 212 g/mol. The SMILES string of the molecule is C[C@@H]1CNC[C@H]1C(=O)N(C)C1CCOC1. The van der Waals surface area contributed by atoms with Crippen molar-refractivity contribution in [1.29, 1.82) is 0 Å². The first kappa shape index (κ1) is 10.9. The van der Waals surface area contributed by atoms with E-state index in [-0.39, 0.29) is 11.8 Å². The van der Waals surface area contributed by atoms with E-state index in [1.807, 2.05) is 11.9 Å². The number of amides is 1. The first-order valence-electron chi connectivity index (χ1n) is 5.75. The summed E-state index contributed by atoms with van der Waals surface area (Å²) >= 11 is 0. The summed E-state index contributed by atoms with van der Waals surface area (Å²) in [5.41, 5.74) is 0. The number of hydrogen-bond acceptors (Lipinski definition) is 3. The molecular weight excluding hydrogens is 192 g/mol. The molecule has 4 nitrogen and oxygen atoms in total. The number of nitrogens with one attached hydrogen (secondary N) is 1. The fraction of sp³-hybridized carbons (Fsp3) is 0.909. The van der Waals surface area contributed by atoms with Crippen LogP contribution in [0.5, 0.6) is 0 Å². The number of ether oxygens (including phenoxy) is 1. The predicted molar refractivity (Wildman–Crippen MR) is 57.5 cm³/mol. The second-order valence-electron chi connectivity index (χ2n) is 4.71. The van der Waals surface area contributed by atoms with Crippen LogP contribution in [0.25, 0.3) is 0 Å². The molecule has 0 aromatic carbocycles. The number of nitrogens with zero attached hydrogens (tertiary/aromatic N) is 1. The van der Waals surface area contributed by atoms with Crippen molar-refractivity contribution in [3.63, 3.8) is 0 Å². The maximum atomic E-state index is 12.2. The van der Waals surface area contributed by atoms with Crippen molar-refractivity contribution in [2.45, 2.75) is 19.4 Å². The molecule has 0 spiro atoms. The van der Waals surface area contributed by atoms with Crippen molar-refractivity contribution in [3.8, 4) is 0 Å². The molecule has 0 radical (unpaired) electrons. The molecule has 1 unspecified atom stereocenters. The van der Waals surface area contributed by atoms with Crippen LogP contribution in [0.15, 0.2) is 0 Å². The standard InChI is InChI=1S/C11H20N2O2/c1-8-5-12-6-10(8)11(14)13(2)9-3-4-15-7-9/h8-10,12H,3-7H2,1-2H3/t8-,9?,10-/m1/s1. The van der Waals surface area contributed by atoms with Crippen LogP contribution < -0.4 is 5.32 Å². The van der Waals surface area contributed by atoms with Gasteiger partial charge in [0.05, 0.1) is 18.6 Å². The number of rotatable bonds is 2. The highest BCUT2D eigenvalue weighted by Crippen LogP contribution is 2.21. The molecule has 15 heavy (non-hydrogen) atoms. The molecule has 0 aliphatic carbocycles. The Morgan fingerprint density at radius 1 is 1.47 bits per heavy atom. The normalized spacial score (nSPS) is 35.7. The van der Waals surface area contributed by atoms with E-state index in [4.69, 9.17) is 4.74 Å². The smallest absolute Gasteiger partial charge is 0.227 e. The summed E-state index contributed by atoms with van der Waals surface area (Å²) in [6.07, 6.45) is 0.983. The van der Waals surface area contributed by atoms with Crippen molar-refractivity contribution in [2.75, 3.05) is 33.4 Å². The molecule has 0 aromatic rings. The molecule has 2 fully saturated rings. The zero-order valence-electron chi connectivity index (χ0n) is 9.53. The Kier molecular flexibility index (Phi) is 3.26. The lowest BCUT2D eigenvalue weighted by atomic mass is 9.96. The summed E-state index contributed by atoms with van der Waals surface area (Å²) in [5, 5.41) is 3.27. The van der Waals surface area contributed by atoms with E-state index in [0.29, 0.717) is 18.6 Å². The maximum absolute atomic E-state index is 12.2. The van der Waals surface area contributed by atoms with Crippen molar-refractivity contribution in [2.24, 2.45) is 11.8 Å². The zero-order chi connectivity index (χ0) is 10.8. The Labute approximate surface area is 91.0 Å². The highest BCUT2D eigenvalue weighted by molar-refractivity contribution is 5.79. The van der Waals surface area contributed by atoms with E-state index in [1.165, 1.54) is 0 Å². The minimum Gasteiger partial charge on any atom is -0.379 e. The summed E-state index contributed by atoms with van der Waals surface area (Å²) in [5.74, 6) is 0.904. The third-order valence-corrected chi connectivity index (χ3v) is 3.64. The van der Waals surface area contributed by atoms with E-state index in [0.717, 1.165) is 26.1 Å². The summed E-state index contributed by atoms with van der Waals surface area (Å²) in [6, 6.07) is 0.297. The van der Waals surface area contributed by atoms with E-state index in [1.54, 1.807) is 0 Å². The van der Waals surface area contributed by atoms with Crippen LogP contribution in [0.4, 0.5) is 0 Å². The molecule has 2 rings (SSSR count). The fourth-order valence-corrected chi connectivity index (χ4v) is 2.41. The van der Waals surface area contributed by atoms with Gasteiger partial charge in [-0.25, -0.2) is 0 Å². The Morgan fingerprint density at radius 3 is 2.80 bits per heavy atom. The fourth-order valence-electron chi connectivity index (χ4n) is 2.41. The Balaban J connectivity index is 1.94. The third-order valence-electron chi connectivity index (χ3n) is 3.64. The van der Waals surface area contributed by atoms with Gasteiger partial charge in [-0.05, 0) is 18.9 Å². The molecule has 2 aliphatic rings. The summed E-state index contributed by atoms with van der Waals surface area (Å²) in [6.45, 7) is 5.43. The largest absolute Gasteiger partial charge is 0.379 e. The van der Waals surface area contributed by atoms with Gasteiger partial charge in [0.25, 0.3) is 0 Å². The highest BCUT2D eigenvalue weighted by atomic mass is 16.5. The van der Waals surface area contributed by atoms with Crippen LogP contribution in [0.2, 0.25) is 0 Å². The third kappa shape index (κ3) is 2.16. The average Bonchev–Trinajstić information content (AvgIpc) is 2.85. The number of carbonyl (C=O) groups excluding carboxylic acids is 1. The van der Waals surface area contributed by atoms with Gasteiger partial charge < -0.3 is 15.0 Å². The minimum absolute atomic E-state index is 0.163. The molecule has 1 amide bonds. The lowest BCUT2D eigenvalue weighted by Gasteiger charge is -2.27. The lowest BCUT2D eigenvalue weighted by Crippen LogP contribution is -2.42. The van der Waals surface area contributed by atoms with Crippen LogP contribution in [-0.4, -0.2) is 50.2 Å². The topological polar surface area (TPSA) is 41.6 Å². The molecule has 0 aromatic heterocycles. The molecule has 2 heterocycles. The highest BCUT2D eigenvalue weighted by Gasteiger charge is 2.34. The van der Waals surface area contributed by atoms with Crippen molar-refractivity contribution in [1.82, 2.24) is 10.2 Å². The molecule has 2 aliphatic heterocycles. The Morgan fingerprint density at radius 2 is 2.27 bits per heavy atom. The van der Waals surface area contributed by atoms with Gasteiger partial charge >= 0.3 is 0 Å². The van der Waals surface area contributed by atoms with Crippen molar-refractivity contribution >= 4 is 5.91 Å². The summed E-state index contributed by atoms with van der Waals surface area (Å²) in [7, 11) is 1.91. The van der Waals surface area contributed by atoms with Crippen LogP contribution >= 0.6 is 0 Å². The first-order chi connectivity index (χ1) is 7.20. The van der Waals surface area contributed by atoms with Gasteiger partial charge in [-0.2, -0.15) is 0 Å². The van der Waals surface area contributed by atoms with Crippen LogP contribution in [0, 0.1) is 11.8 Å². The van der Waals surface area contributed by atoms with Gasteiger partial charge in [0.2, 0.25) is 5.91 Å². The number of likely N-dealkylation sites (N-methyl/N-ethyl adjacent to an activating group) is 1. The Hall–Kier alpha value is -0.610. The van der Waals surface area contributed by atoms with Crippen LogP contribution in [0.1, 0.15) is 13.3 Å². The summed E-state index contributed by atoms with van der Waals surface area (Å²) in [4.78, 5) is 14.1. The maximum Gasteiger partial charge on any atom is 0.227 e. The summed E-state index contributed by atoms with van der Waals surface area (Å²) < 4.78 is 5.31. The predicted octanol–water partition coefficient (Wildman–Crippen LogP) is 0.0892. The second-order valence-corrected chi connectivity index (χ2v) is 4.71. The first-order valence-corrected chi connectivity index (χ1v) is 5.75. The number of hydrogen-bond donors (Lipinski definition) is 1. The molecule has 0 saturated carbocycles. The Bertz CT molecular complexity index is 239. The quantitative estimate of drug-likeness (QED) is 0.705. The molecule has 1 N–H and O–H groups in total. The minimum atomic E-state index is 0.163. The average molecular weight is 212 g/mol. The molecule has 3 atom stereocenters. The van der Waals surface area contributed by atoms with Gasteiger partial charge in [-0.15, -0.1) is 0 Å². The van der Waals surface area contributed by atoms with Crippen molar-refractivity contribution < 1.29 is 9.53 Å². The van der Waals surface area contributed by atoms with Gasteiger partial charge in [0, 0.05) is 20.2 Å². The van der Waals surface area contributed by atoms with E-state index in [2.05, 4.69) is 12.2 Å². The van der Waals surface area contributed by atoms with Gasteiger partial charge in [-0.3, -0.25) is 4.79 Å². The van der Waals surface area contributed by atoms with Crippen molar-refractivity contribution in [3.05, 3.63) is 0 Å². The van der Waals surface area contributed by atoms with Gasteiger partial charge in [0.1, 0.15) is 0 Å². The molecule has 2 saturated heterocycles.